The van der Waals surface area contributed by atoms with Crippen LogP contribution in [0.4, 0.5) is 0 Å². The number of benzene rings is 2. The van der Waals surface area contributed by atoms with E-state index in [1.165, 1.54) is 6.08 Å². The van der Waals surface area contributed by atoms with Crippen LogP contribution in [0.15, 0.2) is 66.4 Å². The van der Waals surface area contributed by atoms with Gasteiger partial charge in [-0.05, 0) is 37.6 Å². The summed E-state index contributed by atoms with van der Waals surface area (Å²) in [5, 5.41) is 0. The maximum atomic E-state index is 13.2. The van der Waals surface area contributed by atoms with E-state index in [9.17, 15) is 9.59 Å². The van der Waals surface area contributed by atoms with Crippen LogP contribution in [0.1, 0.15) is 36.0 Å². The van der Waals surface area contributed by atoms with Gasteiger partial charge in [0.2, 0.25) is 5.91 Å². The Balaban J connectivity index is 2.09. The SMILES string of the molecule is C=CCOC(=O)C1=C(C)N(Cc2ccc(C)cc2)C(=O)CC1c1cc(OC)ccc1OC. The van der Waals surface area contributed by atoms with E-state index in [4.69, 9.17) is 14.2 Å². The number of ether oxygens (including phenoxy) is 3. The molecule has 0 aliphatic carbocycles. The Hall–Kier alpha value is -3.54. The third-order valence-corrected chi connectivity index (χ3v) is 5.65. The van der Waals surface area contributed by atoms with E-state index in [1.807, 2.05) is 31.2 Å². The highest BCUT2D eigenvalue weighted by atomic mass is 16.5. The molecule has 0 N–H and O–H groups in total. The maximum Gasteiger partial charge on any atom is 0.336 e. The molecule has 1 aliphatic rings. The Morgan fingerprint density at radius 1 is 1.12 bits per heavy atom. The van der Waals surface area contributed by atoms with Crippen LogP contribution in [0, 0.1) is 6.92 Å². The molecule has 2 aromatic carbocycles. The molecule has 0 bridgehead atoms. The number of methoxy groups -OCH3 is 2. The summed E-state index contributed by atoms with van der Waals surface area (Å²) in [5.74, 6) is 0.139. The average Bonchev–Trinajstić information content (AvgIpc) is 2.80. The molecule has 6 nitrogen and oxygen atoms in total. The van der Waals surface area contributed by atoms with E-state index in [1.54, 1.807) is 44.2 Å². The molecular weight excluding hydrogens is 406 g/mol. The molecule has 6 heteroatoms. The molecule has 2 aromatic rings. The van der Waals surface area contributed by atoms with Crippen molar-refractivity contribution in [1.29, 1.82) is 0 Å². The van der Waals surface area contributed by atoms with Crippen molar-refractivity contribution >= 4 is 11.9 Å². The number of rotatable bonds is 8. The predicted molar refractivity (Wildman–Crippen MR) is 122 cm³/mol. The first-order valence-electron chi connectivity index (χ1n) is 10.5. The molecule has 0 saturated carbocycles. The normalized spacial score (nSPS) is 16.1. The zero-order valence-electron chi connectivity index (χ0n) is 19.0. The second-order valence-electron chi connectivity index (χ2n) is 7.72. The lowest BCUT2D eigenvalue weighted by Crippen LogP contribution is -2.38. The van der Waals surface area contributed by atoms with Crippen molar-refractivity contribution in [2.45, 2.75) is 32.7 Å². The summed E-state index contributed by atoms with van der Waals surface area (Å²) in [5.41, 5.74) is 3.85. The first kappa shape index (κ1) is 23.1. The van der Waals surface area contributed by atoms with Gasteiger partial charge in [0.25, 0.3) is 0 Å². The van der Waals surface area contributed by atoms with E-state index in [0.717, 1.165) is 11.1 Å². The smallest absolute Gasteiger partial charge is 0.336 e. The first-order chi connectivity index (χ1) is 15.4. The van der Waals surface area contributed by atoms with E-state index in [-0.39, 0.29) is 18.9 Å². The zero-order chi connectivity index (χ0) is 23.3. The van der Waals surface area contributed by atoms with Gasteiger partial charge in [0, 0.05) is 23.6 Å². The molecule has 0 saturated heterocycles. The van der Waals surface area contributed by atoms with Crippen LogP contribution >= 0.6 is 0 Å². The van der Waals surface area contributed by atoms with Crippen LogP contribution in [0.2, 0.25) is 0 Å². The van der Waals surface area contributed by atoms with Crippen molar-refractivity contribution in [1.82, 2.24) is 4.90 Å². The molecule has 0 spiro atoms. The summed E-state index contributed by atoms with van der Waals surface area (Å²) in [6, 6.07) is 13.4. The molecule has 0 aromatic heterocycles. The molecule has 1 atom stereocenters. The van der Waals surface area contributed by atoms with Gasteiger partial charge in [0.05, 0.1) is 26.3 Å². The fraction of sp³-hybridized carbons (Fsp3) is 0.308. The second-order valence-corrected chi connectivity index (χ2v) is 7.72. The van der Waals surface area contributed by atoms with Crippen molar-refractivity contribution < 1.29 is 23.8 Å². The lowest BCUT2D eigenvalue weighted by Gasteiger charge is -2.35. The first-order valence-corrected chi connectivity index (χ1v) is 10.5. The summed E-state index contributed by atoms with van der Waals surface area (Å²) >= 11 is 0. The fourth-order valence-electron chi connectivity index (χ4n) is 3.93. The lowest BCUT2D eigenvalue weighted by molar-refractivity contribution is -0.139. The number of amides is 1. The van der Waals surface area contributed by atoms with Gasteiger partial charge in [-0.15, -0.1) is 0 Å². The molecule has 1 heterocycles. The third-order valence-electron chi connectivity index (χ3n) is 5.65. The van der Waals surface area contributed by atoms with E-state index < -0.39 is 11.9 Å². The van der Waals surface area contributed by atoms with Crippen LogP contribution in [-0.4, -0.2) is 37.6 Å². The molecule has 32 heavy (non-hydrogen) atoms. The van der Waals surface area contributed by atoms with E-state index in [2.05, 4.69) is 6.58 Å². The van der Waals surface area contributed by atoms with Crippen LogP contribution in [0.5, 0.6) is 11.5 Å². The number of carbonyl (C=O) groups excluding carboxylic acids is 2. The van der Waals surface area contributed by atoms with Crippen molar-refractivity contribution in [3.63, 3.8) is 0 Å². The Morgan fingerprint density at radius 3 is 2.47 bits per heavy atom. The van der Waals surface area contributed by atoms with E-state index >= 15 is 0 Å². The summed E-state index contributed by atoms with van der Waals surface area (Å²) < 4.78 is 16.3. The van der Waals surface area contributed by atoms with Gasteiger partial charge in [-0.3, -0.25) is 4.79 Å². The van der Waals surface area contributed by atoms with Crippen LogP contribution < -0.4 is 9.47 Å². The predicted octanol–water partition coefficient (Wildman–Crippen LogP) is 4.53. The summed E-state index contributed by atoms with van der Waals surface area (Å²) in [4.78, 5) is 28.0. The molecular formula is C26H29NO5. The minimum absolute atomic E-state index is 0.0711. The van der Waals surface area contributed by atoms with Gasteiger partial charge >= 0.3 is 5.97 Å². The topological polar surface area (TPSA) is 65.1 Å². The largest absolute Gasteiger partial charge is 0.497 e. The Kier molecular flexibility index (Phi) is 7.36. The molecule has 1 amide bonds. The van der Waals surface area contributed by atoms with Crippen molar-refractivity contribution in [2.24, 2.45) is 0 Å². The molecule has 3 rings (SSSR count). The van der Waals surface area contributed by atoms with Crippen molar-refractivity contribution in [3.8, 4) is 11.5 Å². The van der Waals surface area contributed by atoms with Crippen LogP contribution in [0.25, 0.3) is 0 Å². The summed E-state index contributed by atoms with van der Waals surface area (Å²) in [7, 11) is 3.13. The number of carbonyl (C=O) groups is 2. The highest BCUT2D eigenvalue weighted by Gasteiger charge is 2.38. The van der Waals surface area contributed by atoms with Gasteiger partial charge in [0.1, 0.15) is 18.1 Å². The van der Waals surface area contributed by atoms with Crippen molar-refractivity contribution in [2.75, 3.05) is 20.8 Å². The Morgan fingerprint density at radius 2 is 1.84 bits per heavy atom. The highest BCUT2D eigenvalue weighted by molar-refractivity contribution is 5.96. The molecule has 0 fully saturated rings. The average molecular weight is 436 g/mol. The summed E-state index contributed by atoms with van der Waals surface area (Å²) in [6.07, 6.45) is 1.64. The van der Waals surface area contributed by atoms with Gasteiger partial charge in [-0.1, -0.05) is 42.5 Å². The van der Waals surface area contributed by atoms with E-state index in [0.29, 0.717) is 34.9 Å². The zero-order valence-corrected chi connectivity index (χ0v) is 19.0. The number of esters is 1. The summed E-state index contributed by atoms with van der Waals surface area (Å²) in [6.45, 7) is 7.89. The number of hydrogen-bond acceptors (Lipinski definition) is 5. The Labute approximate surface area is 189 Å². The standard InChI is InChI=1S/C26H29NO5/c1-6-13-32-26(29)25-18(3)27(16-19-9-7-17(2)8-10-19)24(28)15-22(25)21-14-20(30-4)11-12-23(21)31-5/h6-12,14,22H,1,13,15-16H2,2-5H3. The highest BCUT2D eigenvalue weighted by Crippen LogP contribution is 2.42. The number of allylic oxidation sites excluding steroid dienone is 1. The van der Waals surface area contributed by atoms with Gasteiger partial charge in [-0.25, -0.2) is 4.79 Å². The fourth-order valence-corrected chi connectivity index (χ4v) is 3.93. The molecule has 168 valence electrons. The monoisotopic (exact) mass is 435 g/mol. The van der Waals surface area contributed by atoms with Gasteiger partial charge < -0.3 is 19.1 Å². The maximum absolute atomic E-state index is 13.2. The van der Waals surface area contributed by atoms with Crippen LogP contribution in [-0.2, 0) is 20.9 Å². The Bertz CT molecular complexity index is 1040. The van der Waals surface area contributed by atoms with Crippen LogP contribution in [0.3, 0.4) is 0 Å². The quantitative estimate of drug-likeness (QED) is 0.450. The minimum Gasteiger partial charge on any atom is -0.497 e. The number of nitrogens with zero attached hydrogens (tertiary/aromatic N) is 1. The van der Waals surface area contributed by atoms with Crippen molar-refractivity contribution in [3.05, 3.63) is 83.1 Å². The molecule has 0 radical (unpaired) electrons. The molecule has 1 aliphatic heterocycles. The number of aryl methyl sites for hydroxylation is 1. The van der Waals surface area contributed by atoms with Gasteiger partial charge in [0.15, 0.2) is 0 Å². The third kappa shape index (κ3) is 4.85. The minimum atomic E-state index is -0.515. The second kappa shape index (κ2) is 10.2. The number of hydrogen-bond donors (Lipinski definition) is 0. The lowest BCUT2D eigenvalue weighted by atomic mass is 9.83. The van der Waals surface area contributed by atoms with Gasteiger partial charge in [-0.2, -0.15) is 0 Å². The molecule has 1 unspecified atom stereocenters.